The molecule has 0 aliphatic heterocycles. The van der Waals surface area contributed by atoms with Crippen LogP contribution in [0.5, 0.6) is 0 Å². The van der Waals surface area contributed by atoms with Crippen LogP contribution in [0.15, 0.2) is 39.9 Å². The van der Waals surface area contributed by atoms with E-state index in [9.17, 15) is 0 Å². The largest absolute Gasteiger partial charge is 0.329 e. The highest BCUT2D eigenvalue weighted by Gasteiger charge is 2.12. The second kappa shape index (κ2) is 5.71. The standard InChI is InChI=1S/C14H17NS2/c1-10-3-4-13(11(2)7-10)17-14(8-15)12-5-6-16-9-12/h3-7,9,14H,8,15H2,1-2H3. The Morgan fingerprint density at radius 2 is 2.12 bits per heavy atom. The third-order valence-corrected chi connectivity index (χ3v) is 4.89. The maximum absolute atomic E-state index is 5.88. The zero-order valence-electron chi connectivity index (χ0n) is 10.1. The molecule has 0 bridgehead atoms. The van der Waals surface area contributed by atoms with Crippen molar-refractivity contribution in [3.63, 3.8) is 0 Å². The molecule has 0 radical (unpaired) electrons. The third kappa shape index (κ3) is 3.12. The van der Waals surface area contributed by atoms with Crippen molar-refractivity contribution in [2.75, 3.05) is 6.54 Å². The molecule has 1 heterocycles. The van der Waals surface area contributed by atoms with Crippen LogP contribution in [-0.2, 0) is 0 Å². The number of hydrogen-bond acceptors (Lipinski definition) is 3. The summed E-state index contributed by atoms with van der Waals surface area (Å²) in [5.74, 6) is 0. The molecule has 0 saturated heterocycles. The monoisotopic (exact) mass is 263 g/mol. The molecule has 0 fully saturated rings. The van der Waals surface area contributed by atoms with Crippen molar-refractivity contribution in [3.05, 3.63) is 51.7 Å². The average Bonchev–Trinajstić information content (AvgIpc) is 2.81. The van der Waals surface area contributed by atoms with Crippen molar-refractivity contribution in [1.29, 1.82) is 0 Å². The number of rotatable bonds is 4. The maximum Gasteiger partial charge on any atom is 0.0475 e. The zero-order chi connectivity index (χ0) is 12.3. The van der Waals surface area contributed by atoms with Gasteiger partial charge in [-0.2, -0.15) is 11.3 Å². The van der Waals surface area contributed by atoms with E-state index < -0.39 is 0 Å². The second-order valence-corrected chi connectivity index (χ2v) is 6.19. The summed E-state index contributed by atoms with van der Waals surface area (Å²) in [7, 11) is 0. The predicted octanol–water partition coefficient (Wildman–Crippen LogP) is 4.16. The molecule has 1 atom stereocenters. The fourth-order valence-electron chi connectivity index (χ4n) is 1.80. The van der Waals surface area contributed by atoms with Crippen molar-refractivity contribution in [2.24, 2.45) is 5.73 Å². The molecular weight excluding hydrogens is 246 g/mol. The highest BCUT2D eigenvalue weighted by Crippen LogP contribution is 2.37. The van der Waals surface area contributed by atoms with Gasteiger partial charge in [-0.15, -0.1) is 11.8 Å². The van der Waals surface area contributed by atoms with Crippen LogP contribution in [0.1, 0.15) is 21.9 Å². The topological polar surface area (TPSA) is 26.0 Å². The molecule has 1 aromatic heterocycles. The summed E-state index contributed by atoms with van der Waals surface area (Å²) in [5, 5.41) is 4.66. The number of hydrogen-bond donors (Lipinski definition) is 1. The lowest BCUT2D eigenvalue weighted by molar-refractivity contribution is 0.945. The van der Waals surface area contributed by atoms with Gasteiger partial charge < -0.3 is 5.73 Å². The van der Waals surface area contributed by atoms with E-state index in [2.05, 4.69) is 48.9 Å². The van der Waals surface area contributed by atoms with Crippen molar-refractivity contribution in [2.45, 2.75) is 24.0 Å². The Labute approximate surface area is 111 Å². The van der Waals surface area contributed by atoms with Crippen LogP contribution in [0, 0.1) is 13.8 Å². The van der Waals surface area contributed by atoms with E-state index in [-0.39, 0.29) is 0 Å². The van der Waals surface area contributed by atoms with Gasteiger partial charge in [0, 0.05) is 16.7 Å². The summed E-state index contributed by atoms with van der Waals surface area (Å²) in [6.07, 6.45) is 0. The number of thiophene rings is 1. The Balaban J connectivity index is 2.19. The highest BCUT2D eigenvalue weighted by molar-refractivity contribution is 7.99. The fourth-order valence-corrected chi connectivity index (χ4v) is 3.67. The first kappa shape index (κ1) is 12.7. The van der Waals surface area contributed by atoms with E-state index in [1.54, 1.807) is 11.3 Å². The fraction of sp³-hybridized carbons (Fsp3) is 0.286. The minimum absolute atomic E-state index is 0.364. The summed E-state index contributed by atoms with van der Waals surface area (Å²) in [6, 6.07) is 8.75. The smallest absolute Gasteiger partial charge is 0.0475 e. The van der Waals surface area contributed by atoms with Crippen molar-refractivity contribution in [3.8, 4) is 0 Å². The van der Waals surface area contributed by atoms with E-state index in [1.165, 1.54) is 21.6 Å². The van der Waals surface area contributed by atoms with E-state index in [1.807, 2.05) is 11.8 Å². The van der Waals surface area contributed by atoms with Gasteiger partial charge in [0.15, 0.2) is 0 Å². The molecular formula is C14H17NS2. The molecule has 0 aliphatic carbocycles. The van der Waals surface area contributed by atoms with Gasteiger partial charge in [-0.25, -0.2) is 0 Å². The first-order valence-corrected chi connectivity index (χ1v) is 7.49. The molecule has 0 spiro atoms. The zero-order valence-corrected chi connectivity index (χ0v) is 11.8. The molecule has 1 aromatic carbocycles. The van der Waals surface area contributed by atoms with Crippen LogP contribution >= 0.6 is 23.1 Å². The molecule has 0 amide bonds. The Hall–Kier alpha value is -0.770. The molecule has 1 nitrogen and oxygen atoms in total. The van der Waals surface area contributed by atoms with E-state index in [4.69, 9.17) is 5.73 Å². The lowest BCUT2D eigenvalue weighted by atomic mass is 10.2. The van der Waals surface area contributed by atoms with Gasteiger partial charge in [-0.1, -0.05) is 17.7 Å². The number of nitrogens with two attached hydrogens (primary N) is 1. The van der Waals surface area contributed by atoms with Gasteiger partial charge in [0.25, 0.3) is 0 Å². The molecule has 0 aliphatic rings. The van der Waals surface area contributed by atoms with Crippen LogP contribution < -0.4 is 5.73 Å². The van der Waals surface area contributed by atoms with Crippen LogP contribution in [0.4, 0.5) is 0 Å². The number of benzene rings is 1. The molecule has 2 N–H and O–H groups in total. The van der Waals surface area contributed by atoms with E-state index in [0.717, 1.165) is 0 Å². The second-order valence-electron chi connectivity index (χ2n) is 4.17. The van der Waals surface area contributed by atoms with Crippen LogP contribution in [0.25, 0.3) is 0 Å². The summed E-state index contributed by atoms with van der Waals surface area (Å²) in [4.78, 5) is 1.33. The van der Waals surface area contributed by atoms with Gasteiger partial charge >= 0.3 is 0 Å². The minimum atomic E-state index is 0.364. The average molecular weight is 263 g/mol. The molecule has 2 rings (SSSR count). The molecule has 17 heavy (non-hydrogen) atoms. The molecule has 90 valence electrons. The van der Waals surface area contributed by atoms with E-state index in [0.29, 0.717) is 11.8 Å². The normalized spacial score (nSPS) is 12.6. The van der Waals surface area contributed by atoms with Crippen molar-refractivity contribution in [1.82, 2.24) is 0 Å². The third-order valence-electron chi connectivity index (χ3n) is 2.73. The molecule has 2 aromatic rings. The Morgan fingerprint density at radius 3 is 2.71 bits per heavy atom. The van der Waals surface area contributed by atoms with E-state index >= 15 is 0 Å². The lowest BCUT2D eigenvalue weighted by Gasteiger charge is -2.15. The molecule has 3 heteroatoms. The summed E-state index contributed by atoms with van der Waals surface area (Å²) < 4.78 is 0. The Morgan fingerprint density at radius 1 is 1.29 bits per heavy atom. The first-order chi connectivity index (χ1) is 8.20. The van der Waals surface area contributed by atoms with Gasteiger partial charge in [0.05, 0.1) is 0 Å². The van der Waals surface area contributed by atoms with Crippen molar-refractivity contribution < 1.29 is 0 Å². The SMILES string of the molecule is Cc1ccc(SC(CN)c2ccsc2)c(C)c1. The number of thioether (sulfide) groups is 1. The summed E-state index contributed by atoms with van der Waals surface area (Å²) >= 11 is 3.60. The maximum atomic E-state index is 5.88. The van der Waals surface area contributed by atoms with Gasteiger partial charge in [-0.05, 0) is 47.9 Å². The highest BCUT2D eigenvalue weighted by atomic mass is 32.2. The quantitative estimate of drug-likeness (QED) is 0.838. The van der Waals surface area contributed by atoms with Crippen LogP contribution in [-0.4, -0.2) is 6.54 Å². The van der Waals surface area contributed by atoms with Gasteiger partial charge in [0.1, 0.15) is 0 Å². The lowest BCUT2D eigenvalue weighted by Crippen LogP contribution is -2.08. The molecule has 0 saturated carbocycles. The van der Waals surface area contributed by atoms with Crippen LogP contribution in [0.2, 0.25) is 0 Å². The summed E-state index contributed by atoms with van der Waals surface area (Å²) in [5.41, 5.74) is 9.86. The van der Waals surface area contributed by atoms with Crippen LogP contribution in [0.3, 0.4) is 0 Å². The minimum Gasteiger partial charge on any atom is -0.329 e. The Bertz CT molecular complexity index is 477. The first-order valence-electron chi connectivity index (χ1n) is 5.67. The Kier molecular flexibility index (Phi) is 4.26. The summed E-state index contributed by atoms with van der Waals surface area (Å²) in [6.45, 7) is 4.96. The number of aryl methyl sites for hydroxylation is 2. The molecule has 1 unspecified atom stereocenters. The van der Waals surface area contributed by atoms with Crippen molar-refractivity contribution >= 4 is 23.1 Å². The van der Waals surface area contributed by atoms with Gasteiger partial charge in [0.2, 0.25) is 0 Å². The van der Waals surface area contributed by atoms with Gasteiger partial charge in [-0.3, -0.25) is 0 Å². The predicted molar refractivity (Wildman–Crippen MR) is 77.9 cm³/mol.